The van der Waals surface area contributed by atoms with E-state index in [2.05, 4.69) is 6.07 Å². The van der Waals surface area contributed by atoms with Crippen LogP contribution in [0.1, 0.15) is 27.9 Å². The second kappa shape index (κ2) is 5.86. The molecule has 0 amide bonds. The summed E-state index contributed by atoms with van der Waals surface area (Å²) in [5.41, 5.74) is 2.65. The Morgan fingerprint density at radius 2 is 2.10 bits per heavy atom. The Morgan fingerprint density at radius 3 is 2.90 bits per heavy atom. The summed E-state index contributed by atoms with van der Waals surface area (Å²) in [7, 11) is 0. The molecule has 0 saturated heterocycles. The third-order valence-corrected chi connectivity index (χ3v) is 3.94. The fraction of sp³-hybridized carbons (Fsp3) is 0.235. The minimum absolute atomic E-state index is 0.0326. The van der Waals surface area contributed by atoms with E-state index in [-0.39, 0.29) is 10.8 Å². The van der Waals surface area contributed by atoms with Crippen LogP contribution in [0.2, 0.25) is 5.02 Å². The molecule has 2 aromatic carbocycles. The molecule has 1 aliphatic heterocycles. The second-order valence-electron chi connectivity index (χ2n) is 5.09. The Balaban J connectivity index is 1.67. The monoisotopic (exact) mass is 304 g/mol. The average Bonchev–Trinajstić information content (AvgIpc) is 2.95. The van der Waals surface area contributed by atoms with E-state index in [1.54, 1.807) is 6.07 Å². The van der Waals surface area contributed by atoms with Crippen molar-refractivity contribution in [1.29, 1.82) is 0 Å². The lowest BCUT2D eigenvalue weighted by molar-refractivity contribution is 0.0982. The molecule has 0 fully saturated rings. The largest absolute Gasteiger partial charge is 0.493 e. The van der Waals surface area contributed by atoms with Crippen LogP contribution < -0.4 is 4.74 Å². The maximum Gasteiger partial charge on any atom is 0.163 e. The first kappa shape index (κ1) is 14.1. The molecule has 3 rings (SSSR count). The smallest absolute Gasteiger partial charge is 0.163 e. The summed E-state index contributed by atoms with van der Waals surface area (Å²) in [6, 6.07) is 10.2. The molecule has 2 aromatic rings. The van der Waals surface area contributed by atoms with E-state index in [9.17, 15) is 9.18 Å². The topological polar surface area (TPSA) is 26.3 Å². The number of aryl methyl sites for hydroxylation is 1. The summed E-state index contributed by atoms with van der Waals surface area (Å²) >= 11 is 5.61. The molecule has 0 bridgehead atoms. The number of halogens is 2. The highest BCUT2D eigenvalue weighted by atomic mass is 35.5. The van der Waals surface area contributed by atoms with Crippen LogP contribution in [0.25, 0.3) is 0 Å². The number of carbonyl (C=O) groups is 1. The summed E-state index contributed by atoms with van der Waals surface area (Å²) in [6.45, 7) is 0.724. The van der Waals surface area contributed by atoms with Gasteiger partial charge in [0.25, 0.3) is 0 Å². The predicted octanol–water partition coefficient (Wildman–Crippen LogP) is 4.23. The van der Waals surface area contributed by atoms with Gasteiger partial charge in [-0.2, -0.15) is 0 Å². The zero-order chi connectivity index (χ0) is 14.8. The normalized spacial score (nSPS) is 12.9. The number of hydrogen-bond acceptors (Lipinski definition) is 2. The fourth-order valence-electron chi connectivity index (χ4n) is 2.47. The van der Waals surface area contributed by atoms with Gasteiger partial charge >= 0.3 is 0 Å². The minimum atomic E-state index is -0.558. The van der Waals surface area contributed by atoms with E-state index in [0.717, 1.165) is 24.3 Å². The lowest BCUT2D eigenvalue weighted by Gasteiger charge is -2.05. The van der Waals surface area contributed by atoms with Crippen molar-refractivity contribution >= 4 is 17.4 Å². The number of hydrogen-bond donors (Lipinski definition) is 0. The van der Waals surface area contributed by atoms with Crippen LogP contribution in [0.5, 0.6) is 5.75 Å². The van der Waals surface area contributed by atoms with Gasteiger partial charge in [-0.1, -0.05) is 23.7 Å². The van der Waals surface area contributed by atoms with E-state index >= 15 is 0 Å². The third-order valence-electron chi connectivity index (χ3n) is 3.64. The molecule has 108 valence electrons. The number of rotatable bonds is 4. The first-order valence-electron chi connectivity index (χ1n) is 6.86. The van der Waals surface area contributed by atoms with Gasteiger partial charge in [-0.05, 0) is 41.8 Å². The van der Waals surface area contributed by atoms with E-state index in [0.29, 0.717) is 18.4 Å². The lowest BCUT2D eigenvalue weighted by Crippen LogP contribution is -2.02. The molecule has 21 heavy (non-hydrogen) atoms. The highest BCUT2D eigenvalue weighted by Crippen LogP contribution is 2.26. The van der Waals surface area contributed by atoms with Gasteiger partial charge in [0.05, 0.1) is 11.6 Å². The van der Waals surface area contributed by atoms with E-state index in [4.69, 9.17) is 16.3 Å². The predicted molar refractivity (Wildman–Crippen MR) is 79.7 cm³/mol. The zero-order valence-corrected chi connectivity index (χ0v) is 12.1. The second-order valence-corrected chi connectivity index (χ2v) is 5.50. The highest BCUT2D eigenvalue weighted by molar-refractivity contribution is 6.30. The molecule has 1 aliphatic rings. The van der Waals surface area contributed by atoms with Gasteiger partial charge in [-0.25, -0.2) is 4.39 Å². The van der Waals surface area contributed by atoms with Crippen molar-refractivity contribution in [2.24, 2.45) is 0 Å². The molecule has 4 heteroatoms. The van der Waals surface area contributed by atoms with Crippen LogP contribution in [0.4, 0.5) is 4.39 Å². The maximum absolute atomic E-state index is 13.4. The Morgan fingerprint density at radius 1 is 1.24 bits per heavy atom. The zero-order valence-electron chi connectivity index (χ0n) is 11.4. The van der Waals surface area contributed by atoms with E-state index in [1.807, 2.05) is 12.1 Å². The highest BCUT2D eigenvalue weighted by Gasteiger charge is 2.13. The van der Waals surface area contributed by atoms with Crippen LogP contribution in [0, 0.1) is 5.82 Å². The van der Waals surface area contributed by atoms with E-state index < -0.39 is 5.82 Å². The number of carbonyl (C=O) groups excluding carboxylic acids is 1. The molecule has 0 spiro atoms. The van der Waals surface area contributed by atoms with Crippen LogP contribution in [0.15, 0.2) is 36.4 Å². The Kier molecular flexibility index (Phi) is 3.93. The van der Waals surface area contributed by atoms with Gasteiger partial charge in [-0.15, -0.1) is 0 Å². The fourth-order valence-corrected chi connectivity index (χ4v) is 2.58. The molecular formula is C17H14ClFO2. The van der Waals surface area contributed by atoms with Gasteiger partial charge in [-0.3, -0.25) is 4.79 Å². The summed E-state index contributed by atoms with van der Waals surface area (Å²) in [6.07, 6.45) is 1.90. The Hall–Kier alpha value is -1.87. The molecule has 0 radical (unpaired) electrons. The molecule has 0 atom stereocenters. The summed E-state index contributed by atoms with van der Waals surface area (Å²) < 4.78 is 18.8. The van der Waals surface area contributed by atoms with Crippen molar-refractivity contribution in [3.63, 3.8) is 0 Å². The van der Waals surface area contributed by atoms with Crippen molar-refractivity contribution in [2.45, 2.75) is 19.3 Å². The van der Waals surface area contributed by atoms with Gasteiger partial charge in [0.2, 0.25) is 0 Å². The lowest BCUT2D eigenvalue weighted by atomic mass is 10.0. The van der Waals surface area contributed by atoms with Crippen molar-refractivity contribution in [3.05, 3.63) is 63.9 Å². The number of benzene rings is 2. The number of ether oxygens (including phenoxy) is 1. The van der Waals surface area contributed by atoms with Gasteiger partial charge in [0.15, 0.2) is 5.78 Å². The van der Waals surface area contributed by atoms with Crippen LogP contribution in [0.3, 0.4) is 0 Å². The summed E-state index contributed by atoms with van der Waals surface area (Å²) in [5.74, 6) is 0.296. The molecule has 0 unspecified atom stereocenters. The number of Topliss-reactive ketones (excluding diaryl/α,β-unsaturated/α-hetero) is 1. The number of fused-ring (bicyclic) bond motifs is 1. The third kappa shape index (κ3) is 3.08. The van der Waals surface area contributed by atoms with Gasteiger partial charge in [0.1, 0.15) is 11.6 Å². The summed E-state index contributed by atoms with van der Waals surface area (Å²) in [5, 5.41) is 0.0326. The van der Waals surface area contributed by atoms with Crippen molar-refractivity contribution in [2.75, 3.05) is 6.61 Å². The SMILES string of the molecule is O=C(CCc1ccc2c(c1)CCO2)c1ccc(Cl)c(F)c1. The average molecular weight is 305 g/mol. The van der Waals surface area contributed by atoms with E-state index in [1.165, 1.54) is 17.7 Å². The van der Waals surface area contributed by atoms with Crippen molar-refractivity contribution < 1.29 is 13.9 Å². The van der Waals surface area contributed by atoms with Gasteiger partial charge < -0.3 is 4.74 Å². The molecule has 0 saturated carbocycles. The van der Waals surface area contributed by atoms with Crippen molar-refractivity contribution in [3.8, 4) is 5.75 Å². The quantitative estimate of drug-likeness (QED) is 0.790. The molecule has 0 aromatic heterocycles. The Labute approximate surface area is 127 Å². The molecule has 0 N–H and O–H groups in total. The minimum Gasteiger partial charge on any atom is -0.493 e. The van der Waals surface area contributed by atoms with Crippen LogP contribution in [-0.2, 0) is 12.8 Å². The van der Waals surface area contributed by atoms with Crippen molar-refractivity contribution in [1.82, 2.24) is 0 Å². The first-order chi connectivity index (χ1) is 10.1. The Bertz CT molecular complexity index is 697. The first-order valence-corrected chi connectivity index (χ1v) is 7.24. The molecule has 1 heterocycles. The maximum atomic E-state index is 13.4. The van der Waals surface area contributed by atoms with Crippen LogP contribution in [-0.4, -0.2) is 12.4 Å². The number of ketones is 1. The van der Waals surface area contributed by atoms with Gasteiger partial charge in [0, 0.05) is 18.4 Å². The summed E-state index contributed by atoms with van der Waals surface area (Å²) in [4.78, 5) is 12.1. The molecular weight excluding hydrogens is 291 g/mol. The molecule has 2 nitrogen and oxygen atoms in total. The standard InChI is InChI=1S/C17H14ClFO2/c18-14-4-3-12(10-15(14)19)16(20)5-1-11-2-6-17-13(9-11)7-8-21-17/h2-4,6,9-10H,1,5,7-8H2. The molecule has 0 aliphatic carbocycles. The van der Waals surface area contributed by atoms with Crippen LogP contribution >= 0.6 is 11.6 Å².